The smallest absolute Gasteiger partial charge is 0.190 e. The van der Waals surface area contributed by atoms with Crippen LogP contribution >= 0.6 is 11.3 Å². The summed E-state index contributed by atoms with van der Waals surface area (Å²) in [5.41, 5.74) is 0. The van der Waals surface area contributed by atoms with Gasteiger partial charge in [0.2, 0.25) is 0 Å². The van der Waals surface area contributed by atoms with Crippen molar-refractivity contribution in [2.24, 2.45) is 0 Å². The normalized spacial score (nSPS) is 16.8. The second-order valence-corrected chi connectivity index (χ2v) is 5.64. The fraction of sp³-hybridized carbons (Fsp3) is 0.357. The van der Waals surface area contributed by atoms with Gasteiger partial charge in [-0.05, 0) is 12.1 Å². The van der Waals surface area contributed by atoms with Crippen LogP contribution in [0.4, 0.5) is 0 Å². The number of morpholine rings is 1. The molecule has 2 aromatic rings. The number of aromatic hydroxyl groups is 1. The van der Waals surface area contributed by atoms with Gasteiger partial charge in [0.05, 0.1) is 19.8 Å². The van der Waals surface area contributed by atoms with Gasteiger partial charge in [0, 0.05) is 23.2 Å². The number of Topliss-reactive ketones (excluding diaryl/α,β-unsaturated/α-hetero) is 1. The number of hydrogen-bond donors (Lipinski definition) is 1. The molecule has 1 fully saturated rings. The average molecular weight is 277 g/mol. The zero-order valence-corrected chi connectivity index (χ0v) is 11.3. The lowest BCUT2D eigenvalue weighted by Crippen LogP contribution is -2.39. The van der Waals surface area contributed by atoms with Crippen molar-refractivity contribution in [2.75, 3.05) is 32.8 Å². The van der Waals surface area contributed by atoms with Gasteiger partial charge in [-0.2, -0.15) is 0 Å². The van der Waals surface area contributed by atoms with Gasteiger partial charge in [-0.25, -0.2) is 0 Å². The number of ether oxygens (including phenoxy) is 1. The van der Waals surface area contributed by atoms with Gasteiger partial charge in [-0.15, -0.1) is 11.3 Å². The number of benzene rings is 1. The summed E-state index contributed by atoms with van der Waals surface area (Å²) < 4.78 is 6.21. The maximum absolute atomic E-state index is 12.3. The monoisotopic (exact) mass is 277 g/mol. The molecular formula is C14H15NO3S. The molecule has 1 aromatic heterocycles. The molecule has 0 aliphatic carbocycles. The third kappa shape index (κ3) is 2.49. The van der Waals surface area contributed by atoms with Crippen LogP contribution in [0.1, 0.15) is 9.67 Å². The molecule has 0 saturated carbocycles. The Bertz CT molecular complexity index is 602. The number of carbonyl (C=O) groups is 1. The summed E-state index contributed by atoms with van der Waals surface area (Å²) in [6.07, 6.45) is 0. The highest BCUT2D eigenvalue weighted by molar-refractivity contribution is 7.21. The van der Waals surface area contributed by atoms with E-state index in [9.17, 15) is 9.90 Å². The summed E-state index contributed by atoms with van der Waals surface area (Å²) in [5, 5.41) is 10.9. The van der Waals surface area contributed by atoms with E-state index in [2.05, 4.69) is 4.90 Å². The summed E-state index contributed by atoms with van der Waals surface area (Å²) in [6.45, 7) is 3.25. The van der Waals surface area contributed by atoms with Crippen LogP contribution in [0.15, 0.2) is 24.3 Å². The fourth-order valence-electron chi connectivity index (χ4n) is 2.26. The van der Waals surface area contributed by atoms with Crippen LogP contribution in [-0.2, 0) is 4.74 Å². The van der Waals surface area contributed by atoms with E-state index in [1.54, 1.807) is 0 Å². The molecule has 5 heteroatoms. The largest absolute Gasteiger partial charge is 0.506 e. The molecule has 1 aliphatic rings. The molecule has 100 valence electrons. The van der Waals surface area contributed by atoms with E-state index >= 15 is 0 Å². The Balaban J connectivity index is 1.83. The molecule has 2 heterocycles. The van der Waals surface area contributed by atoms with Crippen molar-refractivity contribution < 1.29 is 14.6 Å². The van der Waals surface area contributed by atoms with Crippen LogP contribution in [0.5, 0.6) is 5.75 Å². The quantitative estimate of drug-likeness (QED) is 0.873. The van der Waals surface area contributed by atoms with Crippen molar-refractivity contribution in [2.45, 2.75) is 0 Å². The van der Waals surface area contributed by atoms with Crippen molar-refractivity contribution in [1.29, 1.82) is 0 Å². The lowest BCUT2D eigenvalue weighted by Gasteiger charge is -2.25. The van der Waals surface area contributed by atoms with Crippen LogP contribution in [0, 0.1) is 0 Å². The van der Waals surface area contributed by atoms with Crippen molar-refractivity contribution in [3.63, 3.8) is 0 Å². The first-order valence-electron chi connectivity index (χ1n) is 6.29. The van der Waals surface area contributed by atoms with Crippen molar-refractivity contribution in [3.8, 4) is 5.75 Å². The molecule has 1 saturated heterocycles. The van der Waals surface area contributed by atoms with Crippen LogP contribution in [0.3, 0.4) is 0 Å². The second kappa shape index (κ2) is 5.28. The molecule has 1 aromatic carbocycles. The highest BCUT2D eigenvalue weighted by atomic mass is 32.1. The van der Waals surface area contributed by atoms with Gasteiger partial charge >= 0.3 is 0 Å². The molecule has 0 radical (unpaired) electrons. The Kier molecular flexibility index (Phi) is 3.50. The zero-order valence-electron chi connectivity index (χ0n) is 10.5. The Morgan fingerprint density at radius 1 is 1.32 bits per heavy atom. The van der Waals surface area contributed by atoms with E-state index in [0.29, 0.717) is 24.6 Å². The molecule has 0 spiro atoms. The minimum Gasteiger partial charge on any atom is -0.506 e. The summed E-state index contributed by atoms with van der Waals surface area (Å²) in [6, 6.07) is 7.54. The van der Waals surface area contributed by atoms with Crippen molar-refractivity contribution >= 4 is 27.2 Å². The number of ketones is 1. The van der Waals surface area contributed by atoms with Crippen LogP contribution < -0.4 is 0 Å². The Labute approximate surface area is 115 Å². The van der Waals surface area contributed by atoms with Crippen molar-refractivity contribution in [1.82, 2.24) is 4.90 Å². The van der Waals surface area contributed by atoms with E-state index in [4.69, 9.17) is 4.74 Å². The third-order valence-electron chi connectivity index (χ3n) is 3.29. The standard InChI is InChI=1S/C14H15NO3S/c16-11(9-15-5-7-18-8-6-15)14-13(17)10-3-1-2-4-12(10)19-14/h1-4,17H,5-9H2. The summed E-state index contributed by atoms with van der Waals surface area (Å²) >= 11 is 1.36. The Hall–Kier alpha value is -1.43. The van der Waals surface area contributed by atoms with Crippen LogP contribution in [0.2, 0.25) is 0 Å². The average Bonchev–Trinajstić information content (AvgIpc) is 2.78. The first-order chi connectivity index (χ1) is 9.25. The lowest BCUT2D eigenvalue weighted by atomic mass is 10.2. The highest BCUT2D eigenvalue weighted by Crippen LogP contribution is 2.36. The summed E-state index contributed by atoms with van der Waals surface area (Å²) in [5.74, 6) is 0.111. The minimum atomic E-state index is -0.0133. The zero-order chi connectivity index (χ0) is 13.2. The molecule has 0 bridgehead atoms. The molecule has 0 unspecified atom stereocenters. The van der Waals surface area contributed by atoms with Crippen LogP contribution in [0.25, 0.3) is 10.1 Å². The molecule has 3 rings (SSSR count). The topological polar surface area (TPSA) is 49.8 Å². The number of thiophene rings is 1. The molecule has 19 heavy (non-hydrogen) atoms. The molecule has 0 amide bonds. The maximum Gasteiger partial charge on any atom is 0.190 e. The predicted octanol–water partition coefficient (Wildman–Crippen LogP) is 2.12. The molecule has 1 aliphatic heterocycles. The Morgan fingerprint density at radius 3 is 2.79 bits per heavy atom. The van der Waals surface area contributed by atoms with Gasteiger partial charge < -0.3 is 9.84 Å². The van der Waals surface area contributed by atoms with E-state index in [1.165, 1.54) is 11.3 Å². The van der Waals surface area contributed by atoms with Crippen molar-refractivity contribution in [3.05, 3.63) is 29.1 Å². The second-order valence-electron chi connectivity index (χ2n) is 4.59. The Morgan fingerprint density at radius 2 is 2.05 bits per heavy atom. The predicted molar refractivity (Wildman–Crippen MR) is 75.1 cm³/mol. The van der Waals surface area contributed by atoms with E-state index in [0.717, 1.165) is 23.2 Å². The van der Waals surface area contributed by atoms with Gasteiger partial charge in [0.1, 0.15) is 10.6 Å². The van der Waals surface area contributed by atoms with Gasteiger partial charge in [0.15, 0.2) is 5.78 Å². The highest BCUT2D eigenvalue weighted by Gasteiger charge is 2.21. The number of rotatable bonds is 3. The molecular weight excluding hydrogens is 262 g/mol. The molecule has 1 N–H and O–H groups in total. The number of fused-ring (bicyclic) bond motifs is 1. The van der Waals surface area contributed by atoms with Gasteiger partial charge in [0.25, 0.3) is 0 Å². The fourth-order valence-corrected chi connectivity index (χ4v) is 3.28. The number of carbonyl (C=O) groups excluding carboxylic acids is 1. The third-order valence-corrected chi connectivity index (χ3v) is 4.49. The van der Waals surface area contributed by atoms with Gasteiger partial charge in [-0.3, -0.25) is 9.69 Å². The number of hydrogen-bond acceptors (Lipinski definition) is 5. The van der Waals surface area contributed by atoms with Gasteiger partial charge in [-0.1, -0.05) is 12.1 Å². The molecule has 4 nitrogen and oxygen atoms in total. The van der Waals surface area contributed by atoms with E-state index < -0.39 is 0 Å². The first-order valence-corrected chi connectivity index (χ1v) is 7.11. The van der Waals surface area contributed by atoms with E-state index in [1.807, 2.05) is 24.3 Å². The SMILES string of the molecule is O=C(CN1CCOCC1)c1sc2ccccc2c1O. The first kappa shape index (κ1) is 12.6. The summed E-state index contributed by atoms with van der Waals surface area (Å²) in [4.78, 5) is 14.8. The summed E-state index contributed by atoms with van der Waals surface area (Å²) in [7, 11) is 0. The lowest BCUT2D eigenvalue weighted by molar-refractivity contribution is 0.0372. The van der Waals surface area contributed by atoms with E-state index in [-0.39, 0.29) is 11.5 Å². The maximum atomic E-state index is 12.3. The number of nitrogens with zero attached hydrogens (tertiary/aromatic N) is 1. The minimum absolute atomic E-state index is 0.0133. The molecule has 0 atom stereocenters. The van der Waals surface area contributed by atoms with Crippen LogP contribution in [-0.4, -0.2) is 48.6 Å².